The lowest BCUT2D eigenvalue weighted by Crippen LogP contribution is -2.53. The van der Waals surface area contributed by atoms with Crippen LogP contribution < -0.4 is 5.32 Å². The number of methoxy groups -OCH3 is 1. The van der Waals surface area contributed by atoms with Gasteiger partial charge in [0.2, 0.25) is 0 Å². The minimum Gasteiger partial charge on any atom is -0.465 e. The van der Waals surface area contributed by atoms with E-state index in [4.69, 9.17) is 0 Å². The van der Waals surface area contributed by atoms with E-state index in [9.17, 15) is 24.4 Å². The first-order valence-electron chi connectivity index (χ1n) is 6.49. The maximum Gasteiger partial charge on any atom is 0.338 e. The lowest BCUT2D eigenvalue weighted by Gasteiger charge is -2.26. The van der Waals surface area contributed by atoms with Gasteiger partial charge in [0.25, 0.3) is 17.7 Å². The Bertz CT molecular complexity index is 642. The number of esters is 1. The Hall–Kier alpha value is -2.74. The van der Waals surface area contributed by atoms with Crippen molar-refractivity contribution >= 4 is 23.7 Å². The fraction of sp³-hybridized carbons (Fsp3) is 0.286. The van der Waals surface area contributed by atoms with E-state index in [2.05, 4.69) is 10.1 Å². The van der Waals surface area contributed by atoms with Crippen LogP contribution in [0.15, 0.2) is 24.3 Å². The lowest BCUT2D eigenvalue weighted by atomic mass is 10.0. The fourth-order valence-electron chi connectivity index (χ4n) is 2.11. The van der Waals surface area contributed by atoms with Gasteiger partial charge < -0.3 is 10.1 Å². The predicted octanol–water partition coefficient (Wildman–Crippen LogP) is 0.110. The minimum absolute atomic E-state index is 0.000653. The maximum absolute atomic E-state index is 12.2. The number of hydrogen-bond donors (Lipinski definition) is 2. The fourth-order valence-corrected chi connectivity index (χ4v) is 2.11. The first-order chi connectivity index (χ1) is 10.5. The van der Waals surface area contributed by atoms with Crippen molar-refractivity contribution in [3.8, 4) is 0 Å². The molecule has 1 aliphatic rings. The summed E-state index contributed by atoms with van der Waals surface area (Å²) < 4.78 is 4.59. The monoisotopic (exact) mass is 306 g/mol. The van der Waals surface area contributed by atoms with Crippen LogP contribution in [-0.4, -0.2) is 47.1 Å². The van der Waals surface area contributed by atoms with Crippen molar-refractivity contribution in [2.75, 3.05) is 7.11 Å². The van der Waals surface area contributed by atoms with Gasteiger partial charge in [0, 0.05) is 6.42 Å². The Labute approximate surface area is 125 Å². The summed E-state index contributed by atoms with van der Waals surface area (Å²) in [6.07, 6.45) is 0.0205. The number of rotatable bonds is 3. The van der Waals surface area contributed by atoms with Crippen LogP contribution in [-0.2, 0) is 14.3 Å². The van der Waals surface area contributed by atoms with Crippen LogP contribution in [0, 0.1) is 0 Å². The molecule has 22 heavy (non-hydrogen) atoms. The van der Waals surface area contributed by atoms with Crippen LogP contribution in [0.5, 0.6) is 0 Å². The zero-order valence-corrected chi connectivity index (χ0v) is 11.7. The molecule has 3 amide bonds. The molecule has 1 heterocycles. The van der Waals surface area contributed by atoms with Gasteiger partial charge in [-0.25, -0.2) is 4.79 Å². The summed E-state index contributed by atoms with van der Waals surface area (Å²) in [5, 5.41) is 11.7. The van der Waals surface area contributed by atoms with E-state index >= 15 is 0 Å². The van der Waals surface area contributed by atoms with Gasteiger partial charge >= 0.3 is 5.97 Å². The molecule has 1 fully saturated rings. The maximum atomic E-state index is 12.2. The average Bonchev–Trinajstić information content (AvgIpc) is 2.54. The molecular formula is C14H14N2O6. The van der Waals surface area contributed by atoms with Crippen molar-refractivity contribution in [2.45, 2.75) is 18.9 Å². The second-order valence-corrected chi connectivity index (χ2v) is 4.65. The number of hydrogen-bond acceptors (Lipinski definition) is 6. The molecule has 0 bridgehead atoms. The number of piperidine rings is 1. The van der Waals surface area contributed by atoms with Crippen molar-refractivity contribution in [1.29, 1.82) is 0 Å². The molecule has 1 unspecified atom stereocenters. The van der Waals surface area contributed by atoms with E-state index in [1.165, 1.54) is 19.2 Å². The topological polar surface area (TPSA) is 113 Å². The molecule has 2 rings (SSSR count). The van der Waals surface area contributed by atoms with Crippen LogP contribution in [0.4, 0.5) is 0 Å². The molecule has 0 radical (unpaired) electrons. The lowest BCUT2D eigenvalue weighted by molar-refractivity contribution is -0.184. The third kappa shape index (κ3) is 2.96. The molecule has 8 nitrogen and oxygen atoms in total. The van der Waals surface area contributed by atoms with E-state index in [0.717, 1.165) is 0 Å². The average molecular weight is 306 g/mol. The van der Waals surface area contributed by atoms with E-state index < -0.39 is 29.7 Å². The highest BCUT2D eigenvalue weighted by atomic mass is 16.5. The van der Waals surface area contributed by atoms with Crippen molar-refractivity contribution in [3.05, 3.63) is 35.4 Å². The van der Waals surface area contributed by atoms with Gasteiger partial charge in [-0.1, -0.05) is 12.1 Å². The molecule has 0 aliphatic carbocycles. The van der Waals surface area contributed by atoms with Crippen LogP contribution in [0.3, 0.4) is 0 Å². The van der Waals surface area contributed by atoms with E-state index in [0.29, 0.717) is 0 Å². The van der Waals surface area contributed by atoms with Gasteiger partial charge in [0.15, 0.2) is 0 Å². The van der Waals surface area contributed by atoms with Gasteiger partial charge in [-0.15, -0.1) is 0 Å². The predicted molar refractivity (Wildman–Crippen MR) is 71.9 cm³/mol. The summed E-state index contributed by atoms with van der Waals surface area (Å²) in [6, 6.07) is 4.94. The third-order valence-electron chi connectivity index (χ3n) is 3.27. The summed E-state index contributed by atoms with van der Waals surface area (Å²) in [6.45, 7) is 0. The molecule has 1 aliphatic heterocycles. The Morgan fingerprint density at radius 1 is 1.27 bits per heavy atom. The Morgan fingerprint density at radius 2 is 1.91 bits per heavy atom. The van der Waals surface area contributed by atoms with Gasteiger partial charge in [0.05, 0.1) is 18.2 Å². The molecule has 8 heteroatoms. The molecule has 116 valence electrons. The third-order valence-corrected chi connectivity index (χ3v) is 3.27. The molecular weight excluding hydrogens is 292 g/mol. The van der Waals surface area contributed by atoms with Crippen molar-refractivity contribution in [2.24, 2.45) is 0 Å². The van der Waals surface area contributed by atoms with Crippen LogP contribution in [0.2, 0.25) is 0 Å². The Morgan fingerprint density at radius 3 is 2.55 bits per heavy atom. The summed E-state index contributed by atoms with van der Waals surface area (Å²) in [5.74, 6) is -2.97. The molecule has 0 aromatic heterocycles. The Balaban J connectivity index is 2.18. The number of nitrogens with zero attached hydrogens (tertiary/aromatic N) is 1. The molecule has 1 aromatic carbocycles. The van der Waals surface area contributed by atoms with E-state index in [-0.39, 0.29) is 29.0 Å². The highest BCUT2D eigenvalue weighted by molar-refractivity contribution is 6.07. The van der Waals surface area contributed by atoms with Gasteiger partial charge in [-0.05, 0) is 18.6 Å². The number of benzene rings is 1. The summed E-state index contributed by atoms with van der Waals surface area (Å²) in [4.78, 5) is 46.8. The van der Waals surface area contributed by atoms with Crippen LogP contribution >= 0.6 is 0 Å². The highest BCUT2D eigenvalue weighted by Crippen LogP contribution is 2.14. The smallest absolute Gasteiger partial charge is 0.338 e. The minimum atomic E-state index is -1.03. The standard InChI is InChI=1S/C14H14N2O6/c1-22-14(20)9-5-3-2-4-8(9)12(18)15-10-6-7-11(17)16(21)13(10)19/h2-5,10,21H,6-7H2,1H3,(H,15,18). The SMILES string of the molecule is COC(=O)c1ccccc1C(=O)NC1CCC(=O)N(O)C1=O. The molecule has 0 spiro atoms. The first kappa shape index (κ1) is 15.6. The van der Waals surface area contributed by atoms with Gasteiger partial charge in [-0.2, -0.15) is 5.06 Å². The molecule has 1 saturated heterocycles. The number of ether oxygens (including phenoxy) is 1. The van der Waals surface area contributed by atoms with Crippen LogP contribution in [0.1, 0.15) is 33.6 Å². The highest BCUT2D eigenvalue weighted by Gasteiger charge is 2.35. The molecule has 1 aromatic rings. The summed E-state index contributed by atoms with van der Waals surface area (Å²) >= 11 is 0. The number of carbonyl (C=O) groups excluding carboxylic acids is 4. The Kier molecular flexibility index (Phi) is 4.52. The molecule has 0 saturated carbocycles. The number of imide groups is 1. The zero-order chi connectivity index (χ0) is 16.3. The second-order valence-electron chi connectivity index (χ2n) is 4.65. The number of amides is 3. The van der Waals surface area contributed by atoms with Crippen molar-refractivity contribution in [1.82, 2.24) is 10.4 Å². The number of hydroxylamine groups is 2. The molecule has 1 atom stereocenters. The van der Waals surface area contributed by atoms with Gasteiger partial charge in [-0.3, -0.25) is 19.6 Å². The van der Waals surface area contributed by atoms with Gasteiger partial charge in [0.1, 0.15) is 6.04 Å². The quantitative estimate of drug-likeness (QED) is 0.465. The zero-order valence-electron chi connectivity index (χ0n) is 11.7. The van der Waals surface area contributed by atoms with E-state index in [1.807, 2.05) is 0 Å². The number of nitrogens with one attached hydrogen (secondary N) is 1. The largest absolute Gasteiger partial charge is 0.465 e. The summed E-state index contributed by atoms with van der Waals surface area (Å²) in [7, 11) is 1.19. The second kappa shape index (κ2) is 6.35. The van der Waals surface area contributed by atoms with Crippen LogP contribution in [0.25, 0.3) is 0 Å². The summed E-state index contributed by atoms with van der Waals surface area (Å²) in [5.41, 5.74) is 0.103. The van der Waals surface area contributed by atoms with Crippen molar-refractivity contribution < 1.29 is 29.1 Å². The normalized spacial score (nSPS) is 18.1. The van der Waals surface area contributed by atoms with Crippen molar-refractivity contribution in [3.63, 3.8) is 0 Å². The van der Waals surface area contributed by atoms with E-state index in [1.54, 1.807) is 12.1 Å². The number of carbonyl (C=O) groups is 4. The molecule has 2 N–H and O–H groups in total. The first-order valence-corrected chi connectivity index (χ1v) is 6.49.